The molecule has 1 aliphatic carbocycles. The molecule has 2 aromatic carbocycles. The van der Waals surface area contributed by atoms with E-state index in [0.29, 0.717) is 13.0 Å². The summed E-state index contributed by atoms with van der Waals surface area (Å²) in [6.45, 7) is 2.27. The van der Waals surface area contributed by atoms with E-state index in [0.717, 1.165) is 22.3 Å². The van der Waals surface area contributed by atoms with E-state index in [4.69, 9.17) is 16.3 Å². The molecule has 0 saturated carbocycles. The van der Waals surface area contributed by atoms with Crippen molar-refractivity contribution in [1.82, 2.24) is 10.6 Å². The first-order valence-corrected chi connectivity index (χ1v) is 10.9. The number of carboxylic acid groups (broad SMARTS) is 1. The Hall–Kier alpha value is -3.79. The number of amides is 2. The molecule has 0 spiro atoms. The molecular formula is C26H28N2O5. The van der Waals surface area contributed by atoms with E-state index >= 15 is 0 Å². The number of alkyl carbamates (subject to hydrolysis) is 1. The fraction of sp³-hybridized carbons (Fsp3) is 0.346. The van der Waals surface area contributed by atoms with Crippen molar-refractivity contribution in [3.8, 4) is 23.5 Å². The first-order chi connectivity index (χ1) is 15.9. The van der Waals surface area contributed by atoms with Crippen molar-refractivity contribution in [1.29, 1.82) is 0 Å². The molecule has 2 aromatic rings. The monoisotopic (exact) mass is 448 g/mol. The third kappa shape index (κ3) is 6.13. The van der Waals surface area contributed by atoms with Gasteiger partial charge in [-0.2, -0.15) is 0 Å². The Morgan fingerprint density at radius 3 is 2.27 bits per heavy atom. The minimum absolute atomic E-state index is 0.0134. The molecule has 0 heterocycles. The van der Waals surface area contributed by atoms with E-state index in [1.165, 1.54) is 0 Å². The van der Waals surface area contributed by atoms with Crippen molar-refractivity contribution in [3.63, 3.8) is 0 Å². The lowest BCUT2D eigenvalue weighted by atomic mass is 9.98. The molecule has 0 aliphatic heterocycles. The summed E-state index contributed by atoms with van der Waals surface area (Å²) in [6, 6.07) is 15.1. The lowest BCUT2D eigenvalue weighted by molar-refractivity contribution is -0.137. The normalized spacial score (nSPS) is 13.7. The highest BCUT2D eigenvalue weighted by Gasteiger charge is 2.29. The Morgan fingerprint density at radius 1 is 1.09 bits per heavy atom. The quantitative estimate of drug-likeness (QED) is 0.482. The number of nitrogens with one attached hydrogen (secondary N) is 2. The summed E-state index contributed by atoms with van der Waals surface area (Å²) in [4.78, 5) is 35.7. The van der Waals surface area contributed by atoms with Gasteiger partial charge >= 0.3 is 12.1 Å². The maximum absolute atomic E-state index is 12.5. The predicted molar refractivity (Wildman–Crippen MR) is 124 cm³/mol. The van der Waals surface area contributed by atoms with Crippen molar-refractivity contribution in [2.24, 2.45) is 5.92 Å². The average Bonchev–Trinajstić information content (AvgIpc) is 3.13. The number of hydrogen-bond donors (Lipinski definition) is 3. The van der Waals surface area contributed by atoms with Gasteiger partial charge in [0.2, 0.25) is 5.91 Å². The van der Waals surface area contributed by atoms with Gasteiger partial charge in [-0.3, -0.25) is 9.59 Å². The van der Waals surface area contributed by atoms with E-state index in [-0.39, 0.29) is 31.3 Å². The topological polar surface area (TPSA) is 105 Å². The van der Waals surface area contributed by atoms with E-state index in [1.807, 2.05) is 43.3 Å². The first kappa shape index (κ1) is 23.9. The lowest BCUT2D eigenvalue weighted by Crippen LogP contribution is -2.47. The zero-order chi connectivity index (χ0) is 23.8. The summed E-state index contributed by atoms with van der Waals surface area (Å²) >= 11 is 0. The molecule has 2 atom stereocenters. The highest BCUT2D eigenvalue weighted by molar-refractivity contribution is 5.86. The molecule has 0 saturated heterocycles. The number of rotatable bonds is 10. The minimum Gasteiger partial charge on any atom is -0.481 e. The van der Waals surface area contributed by atoms with Crippen molar-refractivity contribution < 1.29 is 24.2 Å². The van der Waals surface area contributed by atoms with Crippen LogP contribution in [0.3, 0.4) is 0 Å². The predicted octanol–water partition coefficient (Wildman–Crippen LogP) is 3.53. The summed E-state index contributed by atoms with van der Waals surface area (Å²) < 4.78 is 5.49. The molecule has 0 bridgehead atoms. The molecule has 1 aliphatic rings. The molecule has 0 radical (unpaired) electrons. The molecule has 0 fully saturated rings. The van der Waals surface area contributed by atoms with Gasteiger partial charge in [0.05, 0.1) is 0 Å². The van der Waals surface area contributed by atoms with Crippen LogP contribution in [0.2, 0.25) is 0 Å². The maximum Gasteiger partial charge on any atom is 0.407 e. The number of carboxylic acids is 1. The molecule has 172 valence electrons. The molecule has 0 aromatic heterocycles. The van der Waals surface area contributed by atoms with E-state index < -0.39 is 24.0 Å². The van der Waals surface area contributed by atoms with Crippen LogP contribution in [0.15, 0.2) is 48.5 Å². The number of terminal acetylenes is 1. The number of carbonyl (C=O) groups excluding carboxylic acids is 2. The first-order valence-electron chi connectivity index (χ1n) is 10.9. The number of carbonyl (C=O) groups is 3. The van der Waals surface area contributed by atoms with Crippen LogP contribution in [0.1, 0.15) is 43.2 Å². The van der Waals surface area contributed by atoms with Crippen LogP contribution in [-0.2, 0) is 14.3 Å². The van der Waals surface area contributed by atoms with Gasteiger partial charge < -0.3 is 20.5 Å². The zero-order valence-corrected chi connectivity index (χ0v) is 18.5. The van der Waals surface area contributed by atoms with Gasteiger partial charge in [0.15, 0.2) is 0 Å². The van der Waals surface area contributed by atoms with Gasteiger partial charge in [0.1, 0.15) is 12.6 Å². The molecule has 2 amide bonds. The van der Waals surface area contributed by atoms with Crippen LogP contribution in [0.5, 0.6) is 0 Å². The summed E-state index contributed by atoms with van der Waals surface area (Å²) in [5.41, 5.74) is 4.45. The molecule has 3 rings (SSSR count). The van der Waals surface area contributed by atoms with Crippen molar-refractivity contribution in [2.75, 3.05) is 13.2 Å². The molecule has 3 N–H and O–H groups in total. The summed E-state index contributed by atoms with van der Waals surface area (Å²) in [5.74, 6) is 0.982. The third-order valence-corrected chi connectivity index (χ3v) is 5.75. The van der Waals surface area contributed by atoms with Crippen LogP contribution in [0.4, 0.5) is 4.79 Å². The fourth-order valence-electron chi connectivity index (χ4n) is 3.98. The number of fused-ring (bicyclic) bond motifs is 3. The standard InChI is InChI=1S/C26H28N2O5/c1-3-8-23(25(31)27-15-17(2)13-14-24(29)30)28-26(32)33-16-22-20-11-6-4-9-18(20)19-10-5-7-12-21(19)22/h1,4-7,9-12,17,22-23H,8,13-16H2,2H3,(H,27,31)(H,28,32)(H,29,30). The number of hydrogen-bond acceptors (Lipinski definition) is 4. The maximum atomic E-state index is 12.5. The number of aliphatic carboxylic acids is 1. The highest BCUT2D eigenvalue weighted by Crippen LogP contribution is 2.44. The van der Waals surface area contributed by atoms with Gasteiger partial charge in [0, 0.05) is 25.3 Å². The van der Waals surface area contributed by atoms with Gasteiger partial charge in [0.25, 0.3) is 0 Å². The van der Waals surface area contributed by atoms with Crippen LogP contribution < -0.4 is 10.6 Å². The second kappa shape index (κ2) is 11.2. The molecule has 7 heteroatoms. The molecule has 2 unspecified atom stereocenters. The Kier molecular flexibility index (Phi) is 8.09. The number of benzene rings is 2. The SMILES string of the molecule is C#CCC(NC(=O)OCC1c2ccccc2-c2ccccc21)C(=O)NCC(C)CCC(=O)O. The van der Waals surface area contributed by atoms with Crippen molar-refractivity contribution >= 4 is 18.0 Å². The third-order valence-electron chi connectivity index (χ3n) is 5.75. The largest absolute Gasteiger partial charge is 0.481 e. The Balaban J connectivity index is 1.56. The fourth-order valence-corrected chi connectivity index (χ4v) is 3.98. The van der Waals surface area contributed by atoms with E-state index in [2.05, 4.69) is 28.7 Å². The second-order valence-corrected chi connectivity index (χ2v) is 8.21. The summed E-state index contributed by atoms with van der Waals surface area (Å²) in [5, 5.41) is 14.0. The highest BCUT2D eigenvalue weighted by atomic mass is 16.5. The van der Waals surface area contributed by atoms with Crippen LogP contribution in [0.25, 0.3) is 11.1 Å². The average molecular weight is 449 g/mol. The molecule has 33 heavy (non-hydrogen) atoms. The van der Waals surface area contributed by atoms with Crippen molar-refractivity contribution in [2.45, 2.75) is 38.1 Å². The Labute approximate surface area is 193 Å². The van der Waals surface area contributed by atoms with Gasteiger partial charge in [-0.15, -0.1) is 12.3 Å². The van der Waals surface area contributed by atoms with Crippen LogP contribution in [-0.4, -0.2) is 42.3 Å². The lowest BCUT2D eigenvalue weighted by Gasteiger charge is -2.19. The zero-order valence-electron chi connectivity index (χ0n) is 18.5. The summed E-state index contributed by atoms with van der Waals surface area (Å²) in [6.07, 6.45) is 5.14. The van der Waals surface area contributed by atoms with Crippen molar-refractivity contribution in [3.05, 3.63) is 59.7 Å². The number of ether oxygens (including phenoxy) is 1. The second-order valence-electron chi connectivity index (χ2n) is 8.21. The van der Waals surface area contributed by atoms with Crippen LogP contribution in [0, 0.1) is 18.3 Å². The minimum atomic E-state index is -0.933. The smallest absolute Gasteiger partial charge is 0.407 e. The van der Waals surface area contributed by atoms with Crippen LogP contribution >= 0.6 is 0 Å². The van der Waals surface area contributed by atoms with E-state index in [9.17, 15) is 14.4 Å². The van der Waals surface area contributed by atoms with Gasteiger partial charge in [-0.05, 0) is 34.6 Å². The summed E-state index contributed by atoms with van der Waals surface area (Å²) in [7, 11) is 0. The molecular weight excluding hydrogens is 420 g/mol. The Bertz CT molecular complexity index is 1010. The van der Waals surface area contributed by atoms with Gasteiger partial charge in [-0.1, -0.05) is 55.5 Å². The van der Waals surface area contributed by atoms with E-state index in [1.54, 1.807) is 0 Å². The van der Waals surface area contributed by atoms with Gasteiger partial charge in [-0.25, -0.2) is 4.79 Å². The molecule has 7 nitrogen and oxygen atoms in total. The Morgan fingerprint density at radius 2 is 1.70 bits per heavy atom.